The summed E-state index contributed by atoms with van der Waals surface area (Å²) in [5.41, 5.74) is 17.7. The Bertz CT molecular complexity index is 2660. The number of H-pyrrole nitrogens is 1. The van der Waals surface area contributed by atoms with E-state index in [1.165, 1.54) is 49.5 Å². The summed E-state index contributed by atoms with van der Waals surface area (Å²) in [6, 6.07) is 18.2. The van der Waals surface area contributed by atoms with E-state index in [0.717, 1.165) is 94.3 Å². The van der Waals surface area contributed by atoms with E-state index in [0.29, 0.717) is 26.2 Å². The van der Waals surface area contributed by atoms with Gasteiger partial charge in [0, 0.05) is 42.5 Å². The van der Waals surface area contributed by atoms with Gasteiger partial charge < -0.3 is 35.9 Å². The van der Waals surface area contributed by atoms with Crippen molar-refractivity contribution < 1.29 is 19.1 Å². The lowest BCUT2D eigenvalue weighted by atomic mass is 9.82. The number of likely N-dealkylation sites (N-methyl/N-ethyl adjacent to an activating group) is 1. The maximum atomic E-state index is 13.8. The number of methoxy groups -OCH3 is 1. The Morgan fingerprint density at radius 3 is 2.38 bits per heavy atom. The molecule has 4 atom stereocenters. The number of hydrogen-bond donors (Lipinski definition) is 4. The maximum absolute atomic E-state index is 13.8. The van der Waals surface area contributed by atoms with Gasteiger partial charge in [-0.15, -0.1) is 0 Å². The summed E-state index contributed by atoms with van der Waals surface area (Å²) >= 11 is 0. The third kappa shape index (κ3) is 8.60. The lowest BCUT2D eigenvalue weighted by molar-refractivity contribution is -0.135. The number of likely N-dealkylation sites (tertiary alicyclic amines) is 2. The molecule has 3 amide bonds. The zero-order valence-electron chi connectivity index (χ0n) is 39.6. The predicted octanol–water partition coefficient (Wildman–Crippen LogP) is 8.13. The van der Waals surface area contributed by atoms with Crippen LogP contribution in [0.3, 0.4) is 0 Å². The Kier molecular flexibility index (Phi) is 13.0. The number of pyridine rings is 1. The summed E-state index contributed by atoms with van der Waals surface area (Å²) in [7, 11) is 3.26. The fourth-order valence-electron chi connectivity index (χ4n) is 11.5. The minimum absolute atomic E-state index is 0.000902. The standard InChI is InChI=1S/C53H67N9O4/c1-31(2)46(54)50(63)62-24-12-16-45(62)49-58-42-20-17-33(25-43(42)59-49)41-29-57-48(40-27-53(26-39(40)41)21-9-10-22-53)38-19-18-37(35-14-7-8-15-36(35)38)44(30-55-5)56-28-34-13-11-23-61(34)51(64)47(32(3)4)60-52(65)66-6/h7-8,14-15,17-20,25,29,31-32,34,45-47,55H,9-13,16,21-24,26-28,30,54H2,1-6H3,(H,58,59)(H,60,65). The fourth-order valence-corrected chi connectivity index (χ4v) is 11.5. The van der Waals surface area contributed by atoms with Gasteiger partial charge in [-0.25, -0.2) is 9.78 Å². The molecule has 0 bridgehead atoms. The molecule has 5 aromatic rings. The van der Waals surface area contributed by atoms with Crippen molar-refractivity contribution in [3.63, 3.8) is 0 Å². The molecular weight excluding hydrogens is 827 g/mol. The van der Waals surface area contributed by atoms with E-state index in [4.69, 9.17) is 25.4 Å². The molecule has 3 aromatic carbocycles. The summed E-state index contributed by atoms with van der Waals surface area (Å²) in [6.07, 6.45) is 12.1. The second kappa shape index (κ2) is 18.9. The third-order valence-electron chi connectivity index (χ3n) is 15.1. The van der Waals surface area contributed by atoms with Crippen LogP contribution in [0.1, 0.15) is 108 Å². The number of aliphatic imine (C=N–C) groups is 1. The van der Waals surface area contributed by atoms with E-state index in [2.05, 4.69) is 76.4 Å². The molecule has 4 aliphatic rings. The summed E-state index contributed by atoms with van der Waals surface area (Å²) < 4.78 is 4.84. The van der Waals surface area contributed by atoms with Gasteiger partial charge in [-0.05, 0) is 115 Å². The van der Waals surface area contributed by atoms with Crippen molar-refractivity contribution in [2.24, 2.45) is 28.0 Å². The van der Waals surface area contributed by atoms with Gasteiger partial charge in [0.05, 0.1) is 54.2 Å². The molecule has 4 unspecified atom stereocenters. The average Bonchev–Trinajstić information content (AvgIpc) is 4.19. The molecule has 2 saturated heterocycles. The molecule has 3 fully saturated rings. The van der Waals surface area contributed by atoms with Gasteiger partial charge >= 0.3 is 6.09 Å². The Hall–Kier alpha value is -5.66. The van der Waals surface area contributed by atoms with Crippen molar-refractivity contribution in [3.8, 4) is 22.4 Å². The Morgan fingerprint density at radius 1 is 0.894 bits per heavy atom. The second-order valence-corrected chi connectivity index (χ2v) is 20.1. The topological polar surface area (TPSA) is 171 Å². The number of aromatic amines is 1. The molecule has 4 heterocycles. The number of aromatic nitrogens is 3. The smallest absolute Gasteiger partial charge is 0.407 e. The van der Waals surface area contributed by atoms with Gasteiger partial charge in [0.1, 0.15) is 11.9 Å². The van der Waals surface area contributed by atoms with E-state index < -0.39 is 18.2 Å². The van der Waals surface area contributed by atoms with Gasteiger partial charge in [-0.1, -0.05) is 83.0 Å². The molecule has 13 nitrogen and oxygen atoms in total. The number of nitrogens with two attached hydrogens (primary N) is 1. The minimum atomic E-state index is -0.668. The van der Waals surface area contributed by atoms with Gasteiger partial charge in [-0.2, -0.15) is 0 Å². The number of nitrogens with one attached hydrogen (secondary N) is 3. The van der Waals surface area contributed by atoms with E-state index in [9.17, 15) is 14.4 Å². The number of carbonyl (C=O) groups is 3. The number of alkyl carbamates (subject to hydrolysis) is 1. The third-order valence-corrected chi connectivity index (χ3v) is 15.1. The van der Waals surface area contributed by atoms with Crippen LogP contribution in [0.25, 0.3) is 44.2 Å². The quantitative estimate of drug-likeness (QED) is 0.0859. The minimum Gasteiger partial charge on any atom is -0.453 e. The zero-order valence-corrected chi connectivity index (χ0v) is 39.6. The van der Waals surface area contributed by atoms with Crippen molar-refractivity contribution in [3.05, 3.63) is 83.3 Å². The highest BCUT2D eigenvalue weighted by molar-refractivity contribution is 6.14. The van der Waals surface area contributed by atoms with Crippen LogP contribution < -0.4 is 16.4 Å². The zero-order chi connectivity index (χ0) is 46.3. The lowest BCUT2D eigenvalue weighted by Gasteiger charge is -2.30. The predicted molar refractivity (Wildman–Crippen MR) is 261 cm³/mol. The summed E-state index contributed by atoms with van der Waals surface area (Å²) in [5.74, 6) is 0.710. The van der Waals surface area contributed by atoms with Crippen LogP contribution in [-0.2, 0) is 27.2 Å². The molecule has 348 valence electrons. The van der Waals surface area contributed by atoms with E-state index in [-0.39, 0.29) is 41.1 Å². The molecule has 1 spiro atoms. The van der Waals surface area contributed by atoms with Crippen LogP contribution in [0.4, 0.5) is 4.79 Å². The molecule has 5 N–H and O–H groups in total. The van der Waals surface area contributed by atoms with Gasteiger partial charge in [-0.3, -0.25) is 19.6 Å². The van der Waals surface area contributed by atoms with Crippen molar-refractivity contribution in [1.29, 1.82) is 0 Å². The number of hydrogen-bond acceptors (Lipinski definition) is 9. The molecule has 2 aliphatic carbocycles. The first-order chi connectivity index (χ1) is 31.9. The molecule has 9 rings (SSSR count). The SMILES string of the molecule is CNCC(=NCC1CCCN1C(=O)C(NC(=O)OC)C(C)C)c1ccc(-c2ncc(-c3ccc4nc(C5CCCN5C(=O)C(N)C(C)C)[nH]c4c3)c3c2CC2(CCCC2)C3)c2ccccc12. The Morgan fingerprint density at radius 2 is 1.64 bits per heavy atom. The number of carbonyl (C=O) groups excluding carboxylic acids is 3. The van der Waals surface area contributed by atoms with Crippen LogP contribution in [0.2, 0.25) is 0 Å². The molecule has 2 aliphatic heterocycles. The number of ether oxygens (including phenoxy) is 1. The number of fused-ring (bicyclic) bond motifs is 3. The fraction of sp³-hybridized carbons (Fsp3) is 0.509. The maximum Gasteiger partial charge on any atom is 0.407 e. The molecule has 66 heavy (non-hydrogen) atoms. The second-order valence-electron chi connectivity index (χ2n) is 20.1. The monoisotopic (exact) mass is 894 g/mol. The van der Waals surface area contributed by atoms with Crippen LogP contribution >= 0.6 is 0 Å². The highest BCUT2D eigenvalue weighted by Gasteiger charge is 2.43. The number of benzene rings is 3. The summed E-state index contributed by atoms with van der Waals surface area (Å²) in [4.78, 5) is 62.5. The van der Waals surface area contributed by atoms with Crippen LogP contribution in [0.15, 0.2) is 65.8 Å². The molecular formula is C53H67N9O4. The Labute approximate surface area is 388 Å². The normalized spacial score (nSPS) is 20.3. The van der Waals surface area contributed by atoms with Crippen molar-refractivity contribution in [1.82, 2.24) is 35.4 Å². The number of imidazole rings is 1. The number of nitrogens with zero attached hydrogens (tertiary/aromatic N) is 5. The lowest BCUT2D eigenvalue weighted by Crippen LogP contribution is -2.53. The first kappa shape index (κ1) is 45.5. The van der Waals surface area contributed by atoms with Crippen molar-refractivity contribution in [2.45, 2.75) is 116 Å². The molecule has 1 saturated carbocycles. The number of amides is 3. The highest BCUT2D eigenvalue weighted by Crippen LogP contribution is 2.53. The van der Waals surface area contributed by atoms with Crippen molar-refractivity contribution in [2.75, 3.05) is 40.3 Å². The van der Waals surface area contributed by atoms with Crippen LogP contribution in [0.5, 0.6) is 0 Å². The first-order valence-corrected chi connectivity index (χ1v) is 24.3. The summed E-state index contributed by atoms with van der Waals surface area (Å²) in [6.45, 7) is 10.2. The Balaban J connectivity index is 1.04. The molecule has 0 radical (unpaired) electrons. The van der Waals surface area contributed by atoms with Gasteiger partial charge in [0.15, 0.2) is 0 Å². The van der Waals surface area contributed by atoms with E-state index >= 15 is 0 Å². The number of rotatable bonds is 13. The largest absolute Gasteiger partial charge is 0.453 e. The van der Waals surface area contributed by atoms with Crippen LogP contribution in [0, 0.1) is 17.3 Å². The average molecular weight is 894 g/mol. The molecule has 2 aromatic heterocycles. The van der Waals surface area contributed by atoms with Gasteiger partial charge in [0.25, 0.3) is 0 Å². The van der Waals surface area contributed by atoms with E-state index in [1.54, 1.807) is 0 Å². The summed E-state index contributed by atoms with van der Waals surface area (Å²) in [5, 5.41) is 8.38. The van der Waals surface area contributed by atoms with Crippen molar-refractivity contribution >= 4 is 45.4 Å². The highest BCUT2D eigenvalue weighted by atomic mass is 16.5. The van der Waals surface area contributed by atoms with E-state index in [1.807, 2.05) is 44.5 Å². The first-order valence-electron chi connectivity index (χ1n) is 24.3. The van der Waals surface area contributed by atoms with Gasteiger partial charge in [0.2, 0.25) is 11.8 Å². The van der Waals surface area contributed by atoms with Crippen LogP contribution in [-0.4, -0.2) is 107 Å². The molecule has 13 heteroatoms.